The Morgan fingerprint density at radius 2 is 1.08 bits per heavy atom. The van der Waals surface area contributed by atoms with Gasteiger partial charge in [-0.2, -0.15) is 0 Å². The minimum absolute atomic E-state index is 0.910. The van der Waals surface area contributed by atoms with Crippen LogP contribution in [0.25, 0.3) is 38.9 Å². The van der Waals surface area contributed by atoms with Crippen molar-refractivity contribution >= 4 is 38.9 Å². The van der Waals surface area contributed by atoms with Crippen LogP contribution in [0, 0.1) is 0 Å². The number of rotatable bonds is 5. The van der Waals surface area contributed by atoms with Gasteiger partial charge in [-0.15, -0.1) is 0 Å². The molecule has 3 aromatic heterocycles. The Kier molecular flexibility index (Phi) is 5.37. The van der Waals surface area contributed by atoms with Crippen molar-refractivity contribution < 1.29 is 0 Å². The molecule has 0 saturated heterocycles. The molecule has 0 fully saturated rings. The van der Waals surface area contributed by atoms with Gasteiger partial charge in [-0.3, -0.25) is 14.5 Å². The van der Waals surface area contributed by atoms with Crippen LogP contribution in [-0.4, -0.2) is 19.5 Å². The van der Waals surface area contributed by atoms with Crippen LogP contribution in [0.15, 0.2) is 140 Å². The van der Waals surface area contributed by atoms with E-state index in [1.807, 2.05) is 55.1 Å². The highest BCUT2D eigenvalue weighted by atomic mass is 15.1. The molecule has 7 rings (SSSR count). The average molecular weight is 490 g/mol. The third kappa shape index (κ3) is 3.87. The molecular weight excluding hydrogens is 466 g/mol. The van der Waals surface area contributed by atoms with Crippen LogP contribution in [0.2, 0.25) is 0 Å². The van der Waals surface area contributed by atoms with Gasteiger partial charge in [0.05, 0.1) is 11.0 Å². The zero-order valence-electron chi connectivity index (χ0n) is 20.5. The number of anilines is 3. The molecule has 0 unspecified atom stereocenters. The molecular formula is C33H23N5. The summed E-state index contributed by atoms with van der Waals surface area (Å²) in [6.45, 7) is 0. The highest BCUT2D eigenvalue weighted by Crippen LogP contribution is 2.36. The summed E-state index contributed by atoms with van der Waals surface area (Å²) in [7, 11) is 0. The van der Waals surface area contributed by atoms with Crippen molar-refractivity contribution in [2.75, 3.05) is 4.90 Å². The molecule has 180 valence electrons. The van der Waals surface area contributed by atoms with E-state index in [1.54, 1.807) is 0 Å². The van der Waals surface area contributed by atoms with Crippen LogP contribution in [0.4, 0.5) is 17.1 Å². The Labute approximate surface area is 220 Å². The standard InChI is InChI=1S/C33H23N5/c1-2-8-27(9-3-1)38-32-23-26-7-5-4-6-25(26)22-31(32)36-33(38)24-10-12-28(13-11-24)37(29-14-18-34-19-15-29)30-16-20-35-21-17-30/h1-23H. The quantitative estimate of drug-likeness (QED) is 0.245. The van der Waals surface area contributed by atoms with Crippen LogP contribution in [0.1, 0.15) is 0 Å². The molecule has 4 aromatic carbocycles. The molecule has 0 N–H and O–H groups in total. The second-order valence-electron chi connectivity index (χ2n) is 9.09. The summed E-state index contributed by atoms with van der Waals surface area (Å²) in [5.41, 5.74) is 7.29. The number of hydrogen-bond donors (Lipinski definition) is 0. The van der Waals surface area contributed by atoms with E-state index < -0.39 is 0 Å². The molecule has 7 aromatic rings. The molecule has 5 heteroatoms. The molecule has 0 spiro atoms. The van der Waals surface area contributed by atoms with Crippen molar-refractivity contribution in [2.45, 2.75) is 0 Å². The zero-order chi connectivity index (χ0) is 25.3. The van der Waals surface area contributed by atoms with Crippen molar-refractivity contribution in [3.8, 4) is 17.1 Å². The predicted octanol–water partition coefficient (Wildman–Crippen LogP) is 8.11. The van der Waals surface area contributed by atoms with Gasteiger partial charge in [0.2, 0.25) is 0 Å². The van der Waals surface area contributed by atoms with Crippen molar-refractivity contribution in [3.63, 3.8) is 0 Å². The molecule has 0 bridgehead atoms. The van der Waals surface area contributed by atoms with E-state index in [9.17, 15) is 0 Å². The first-order chi connectivity index (χ1) is 18.8. The maximum atomic E-state index is 5.13. The summed E-state index contributed by atoms with van der Waals surface area (Å²) in [5.74, 6) is 0.910. The average Bonchev–Trinajstić information content (AvgIpc) is 3.36. The van der Waals surface area contributed by atoms with Gasteiger partial charge in [-0.25, -0.2) is 4.98 Å². The Balaban J connectivity index is 1.39. The molecule has 5 nitrogen and oxygen atoms in total. The molecule has 0 aliphatic heterocycles. The first-order valence-corrected chi connectivity index (χ1v) is 12.5. The molecule has 0 saturated carbocycles. The van der Waals surface area contributed by atoms with Gasteiger partial charge in [0, 0.05) is 53.1 Å². The number of hydrogen-bond acceptors (Lipinski definition) is 4. The smallest absolute Gasteiger partial charge is 0.145 e. The first kappa shape index (κ1) is 21.9. The molecule has 38 heavy (non-hydrogen) atoms. The fourth-order valence-corrected chi connectivity index (χ4v) is 4.99. The Morgan fingerprint density at radius 3 is 1.71 bits per heavy atom. The van der Waals surface area contributed by atoms with Gasteiger partial charge in [-0.05, 0) is 83.6 Å². The first-order valence-electron chi connectivity index (χ1n) is 12.5. The van der Waals surface area contributed by atoms with Crippen LogP contribution in [0.3, 0.4) is 0 Å². The number of para-hydroxylation sites is 1. The van der Waals surface area contributed by atoms with Crippen molar-refractivity contribution in [3.05, 3.63) is 140 Å². The summed E-state index contributed by atoms with van der Waals surface area (Å²) in [5, 5.41) is 2.38. The zero-order valence-corrected chi connectivity index (χ0v) is 20.5. The van der Waals surface area contributed by atoms with Gasteiger partial charge in [0.15, 0.2) is 0 Å². The second kappa shape index (κ2) is 9.30. The maximum absolute atomic E-state index is 5.13. The summed E-state index contributed by atoms with van der Waals surface area (Å²) < 4.78 is 2.25. The summed E-state index contributed by atoms with van der Waals surface area (Å²) in [4.78, 5) is 15.7. The Morgan fingerprint density at radius 1 is 0.526 bits per heavy atom. The minimum atomic E-state index is 0.910. The molecule has 0 radical (unpaired) electrons. The van der Waals surface area contributed by atoms with E-state index in [0.717, 1.165) is 45.2 Å². The predicted molar refractivity (Wildman–Crippen MR) is 154 cm³/mol. The number of imidazole rings is 1. The molecule has 0 aliphatic rings. The lowest BCUT2D eigenvalue weighted by molar-refractivity contribution is 1.10. The topological polar surface area (TPSA) is 46.8 Å². The van der Waals surface area contributed by atoms with E-state index in [4.69, 9.17) is 4.98 Å². The lowest BCUT2D eigenvalue weighted by Gasteiger charge is -2.25. The number of pyridine rings is 2. The van der Waals surface area contributed by atoms with Crippen molar-refractivity contribution in [2.24, 2.45) is 0 Å². The van der Waals surface area contributed by atoms with Crippen LogP contribution in [-0.2, 0) is 0 Å². The molecule has 0 aliphatic carbocycles. The highest BCUT2D eigenvalue weighted by molar-refractivity contribution is 5.97. The highest BCUT2D eigenvalue weighted by Gasteiger charge is 2.17. The normalized spacial score (nSPS) is 11.2. The summed E-state index contributed by atoms with van der Waals surface area (Å²) in [6, 6.07) is 39.9. The van der Waals surface area contributed by atoms with Gasteiger partial charge >= 0.3 is 0 Å². The maximum Gasteiger partial charge on any atom is 0.145 e. The van der Waals surface area contributed by atoms with Crippen LogP contribution in [0.5, 0.6) is 0 Å². The fourth-order valence-electron chi connectivity index (χ4n) is 4.99. The second-order valence-corrected chi connectivity index (χ2v) is 9.09. The number of aromatic nitrogens is 4. The lowest BCUT2D eigenvalue weighted by Crippen LogP contribution is -2.10. The molecule has 0 atom stereocenters. The van der Waals surface area contributed by atoms with Gasteiger partial charge in [0.1, 0.15) is 5.82 Å². The van der Waals surface area contributed by atoms with Gasteiger partial charge in [0.25, 0.3) is 0 Å². The van der Waals surface area contributed by atoms with E-state index >= 15 is 0 Å². The molecule has 3 heterocycles. The van der Waals surface area contributed by atoms with Crippen molar-refractivity contribution in [1.29, 1.82) is 0 Å². The lowest BCUT2D eigenvalue weighted by atomic mass is 10.1. The monoisotopic (exact) mass is 489 g/mol. The fraction of sp³-hybridized carbons (Fsp3) is 0. The van der Waals surface area contributed by atoms with Crippen molar-refractivity contribution in [1.82, 2.24) is 19.5 Å². The number of fused-ring (bicyclic) bond motifs is 2. The number of nitrogens with zero attached hydrogens (tertiary/aromatic N) is 5. The van der Waals surface area contributed by atoms with E-state index in [-0.39, 0.29) is 0 Å². The third-order valence-corrected chi connectivity index (χ3v) is 6.76. The summed E-state index contributed by atoms with van der Waals surface area (Å²) in [6.07, 6.45) is 7.24. The van der Waals surface area contributed by atoms with E-state index in [2.05, 4.69) is 104 Å². The summed E-state index contributed by atoms with van der Waals surface area (Å²) >= 11 is 0. The molecule has 0 amide bonds. The van der Waals surface area contributed by atoms with E-state index in [0.29, 0.717) is 0 Å². The van der Waals surface area contributed by atoms with Gasteiger partial charge in [-0.1, -0.05) is 42.5 Å². The van der Waals surface area contributed by atoms with E-state index in [1.165, 1.54) is 10.8 Å². The number of benzene rings is 4. The Hall–Kier alpha value is -5.29. The van der Waals surface area contributed by atoms with Crippen LogP contribution >= 0.6 is 0 Å². The third-order valence-electron chi connectivity index (χ3n) is 6.76. The largest absolute Gasteiger partial charge is 0.310 e. The Bertz CT molecular complexity index is 1810. The van der Waals surface area contributed by atoms with Crippen LogP contribution < -0.4 is 4.90 Å². The van der Waals surface area contributed by atoms with Gasteiger partial charge < -0.3 is 4.90 Å². The SMILES string of the molecule is c1ccc(-n2c(-c3ccc(N(c4ccncc4)c4ccncc4)cc3)nc3cc4ccccc4cc32)cc1. The minimum Gasteiger partial charge on any atom is -0.310 e.